The highest BCUT2D eigenvalue weighted by molar-refractivity contribution is 7.07. The van der Waals surface area contributed by atoms with Crippen molar-refractivity contribution in [3.05, 3.63) is 76.7 Å². The van der Waals surface area contributed by atoms with Crippen LogP contribution in [0.3, 0.4) is 0 Å². The Morgan fingerprint density at radius 1 is 1.09 bits per heavy atom. The van der Waals surface area contributed by atoms with Crippen molar-refractivity contribution in [3.8, 4) is 22.6 Å². The molecule has 2 aromatic carbocycles. The summed E-state index contributed by atoms with van der Waals surface area (Å²) in [5, 5.41) is 0. The highest BCUT2D eigenvalue weighted by atomic mass is 32.1. The molecule has 2 aromatic heterocycles. The fourth-order valence-corrected chi connectivity index (χ4v) is 5.31. The fourth-order valence-electron chi connectivity index (χ4n) is 4.28. The molecule has 5 nitrogen and oxygen atoms in total. The first-order valence-corrected chi connectivity index (χ1v) is 11.6. The molecule has 0 N–H and O–H groups in total. The normalized spacial score (nSPS) is 13.8. The van der Waals surface area contributed by atoms with Crippen molar-refractivity contribution < 1.29 is 9.18 Å². The van der Waals surface area contributed by atoms with Gasteiger partial charge in [-0.1, -0.05) is 41.9 Å². The number of hydrogen-bond acceptors (Lipinski definition) is 3. The monoisotopic (exact) mass is 448 g/mol. The second-order valence-electron chi connectivity index (χ2n) is 8.25. The number of amides is 1. The largest absolute Gasteiger partial charge is 0.340 e. The van der Waals surface area contributed by atoms with Crippen LogP contribution in [-0.2, 0) is 31.2 Å². The standard InChI is InChI=1S/C25H25FN4OS/c1-17-14-19(8-9-20(17)26)21-15-30(25(27-21)18-6-4-3-5-7-18)16-24(31)29-12-10-22-23(11-13-29)32-28(22)2/h3-9,14-15H,10-13,16H2,1-2H3. The average Bonchev–Trinajstić information content (AvgIpc) is 3.12. The number of rotatable bonds is 4. The molecular formula is C25H25FN4OS. The fraction of sp³-hybridized carbons (Fsp3) is 0.280. The van der Waals surface area contributed by atoms with Gasteiger partial charge in [0.05, 0.1) is 5.69 Å². The van der Waals surface area contributed by atoms with Gasteiger partial charge in [0.1, 0.15) is 18.2 Å². The van der Waals surface area contributed by atoms with E-state index in [9.17, 15) is 9.18 Å². The van der Waals surface area contributed by atoms with E-state index >= 15 is 0 Å². The minimum Gasteiger partial charge on any atom is -0.340 e. The third-order valence-corrected chi connectivity index (χ3v) is 7.25. The Balaban J connectivity index is 1.44. The van der Waals surface area contributed by atoms with Gasteiger partial charge >= 0.3 is 0 Å². The smallest absolute Gasteiger partial charge is 0.242 e. The van der Waals surface area contributed by atoms with Crippen LogP contribution < -0.4 is 0 Å². The van der Waals surface area contributed by atoms with E-state index in [1.165, 1.54) is 16.6 Å². The van der Waals surface area contributed by atoms with E-state index in [-0.39, 0.29) is 18.3 Å². The van der Waals surface area contributed by atoms with Gasteiger partial charge in [-0.25, -0.2) is 9.37 Å². The molecule has 0 saturated heterocycles. The molecule has 3 heterocycles. The lowest BCUT2D eigenvalue weighted by Crippen LogP contribution is -2.35. The zero-order valence-corrected chi connectivity index (χ0v) is 19.0. The van der Waals surface area contributed by atoms with Crippen molar-refractivity contribution in [1.82, 2.24) is 18.4 Å². The molecule has 0 bridgehead atoms. The van der Waals surface area contributed by atoms with E-state index in [1.807, 2.05) is 46.0 Å². The third-order valence-electron chi connectivity index (χ3n) is 6.10. The van der Waals surface area contributed by atoms with Gasteiger partial charge in [-0.05, 0) is 30.7 Å². The average molecular weight is 449 g/mol. The first-order valence-electron chi connectivity index (χ1n) is 10.8. The zero-order chi connectivity index (χ0) is 22.2. The molecule has 0 saturated carbocycles. The van der Waals surface area contributed by atoms with Crippen LogP contribution >= 0.6 is 11.5 Å². The van der Waals surface area contributed by atoms with Crippen LogP contribution in [-0.4, -0.2) is 37.4 Å². The summed E-state index contributed by atoms with van der Waals surface area (Å²) in [7, 11) is 2.08. The van der Waals surface area contributed by atoms with Crippen LogP contribution in [0.5, 0.6) is 0 Å². The molecule has 164 valence electrons. The summed E-state index contributed by atoms with van der Waals surface area (Å²) < 4.78 is 17.9. The highest BCUT2D eigenvalue weighted by Crippen LogP contribution is 2.27. The molecule has 0 spiro atoms. The lowest BCUT2D eigenvalue weighted by Gasteiger charge is -2.21. The Bertz CT molecular complexity index is 1270. The van der Waals surface area contributed by atoms with Gasteiger partial charge < -0.3 is 13.4 Å². The maximum absolute atomic E-state index is 13.8. The molecule has 0 unspecified atom stereocenters. The molecule has 32 heavy (non-hydrogen) atoms. The minimum absolute atomic E-state index is 0.0940. The van der Waals surface area contributed by atoms with E-state index in [2.05, 4.69) is 11.0 Å². The number of benzene rings is 2. The van der Waals surface area contributed by atoms with E-state index in [0.29, 0.717) is 5.56 Å². The van der Waals surface area contributed by atoms with Crippen molar-refractivity contribution in [2.24, 2.45) is 7.05 Å². The van der Waals surface area contributed by atoms with E-state index < -0.39 is 0 Å². The van der Waals surface area contributed by atoms with E-state index in [1.54, 1.807) is 30.6 Å². The Morgan fingerprint density at radius 3 is 2.62 bits per heavy atom. The SMILES string of the molecule is Cc1cc(-c2cn(CC(=O)N3CCc4sn(C)c4CC3)c(-c3ccccc3)n2)ccc1F. The van der Waals surface area contributed by atoms with E-state index in [4.69, 9.17) is 4.98 Å². The van der Waals surface area contributed by atoms with Gasteiger partial charge in [0.25, 0.3) is 0 Å². The van der Waals surface area contributed by atoms with Crippen LogP contribution in [0.4, 0.5) is 4.39 Å². The molecule has 1 aliphatic rings. The molecule has 5 rings (SSSR count). The van der Waals surface area contributed by atoms with Crippen LogP contribution in [0, 0.1) is 12.7 Å². The summed E-state index contributed by atoms with van der Waals surface area (Å²) >= 11 is 1.78. The molecule has 0 radical (unpaired) electrons. The topological polar surface area (TPSA) is 43.1 Å². The predicted molar refractivity (Wildman–Crippen MR) is 125 cm³/mol. The second-order valence-corrected chi connectivity index (χ2v) is 9.47. The summed E-state index contributed by atoms with van der Waals surface area (Å²) in [6, 6.07) is 14.9. The Morgan fingerprint density at radius 2 is 1.88 bits per heavy atom. The highest BCUT2D eigenvalue weighted by Gasteiger charge is 2.24. The molecule has 1 aliphatic heterocycles. The molecule has 4 aromatic rings. The third kappa shape index (κ3) is 3.88. The maximum Gasteiger partial charge on any atom is 0.242 e. The number of carbonyl (C=O) groups is 1. The van der Waals surface area contributed by atoms with Gasteiger partial charge in [0, 0.05) is 60.9 Å². The molecule has 0 aliphatic carbocycles. The van der Waals surface area contributed by atoms with Crippen molar-refractivity contribution in [1.29, 1.82) is 0 Å². The summed E-state index contributed by atoms with van der Waals surface area (Å²) in [4.78, 5) is 21.5. The van der Waals surface area contributed by atoms with Crippen molar-refractivity contribution in [2.45, 2.75) is 26.3 Å². The lowest BCUT2D eigenvalue weighted by molar-refractivity contribution is -0.131. The van der Waals surface area contributed by atoms with Crippen molar-refractivity contribution in [2.75, 3.05) is 13.1 Å². The molecular weight excluding hydrogens is 423 g/mol. The minimum atomic E-state index is -0.235. The van der Waals surface area contributed by atoms with Gasteiger partial charge in [0.15, 0.2) is 0 Å². The Kier molecular flexibility index (Phi) is 5.43. The van der Waals surface area contributed by atoms with Gasteiger partial charge in [-0.3, -0.25) is 4.79 Å². The number of carbonyl (C=O) groups excluding carboxylic acids is 1. The van der Waals surface area contributed by atoms with E-state index in [0.717, 1.165) is 48.6 Å². The van der Waals surface area contributed by atoms with Gasteiger partial charge in [0.2, 0.25) is 5.91 Å². The number of hydrogen-bond donors (Lipinski definition) is 0. The summed E-state index contributed by atoms with van der Waals surface area (Å²) in [6.07, 6.45) is 3.73. The molecule has 7 heteroatoms. The summed E-state index contributed by atoms with van der Waals surface area (Å²) in [6.45, 7) is 3.46. The van der Waals surface area contributed by atoms with Crippen molar-refractivity contribution >= 4 is 17.4 Å². The number of aryl methyl sites for hydroxylation is 2. The second kappa shape index (κ2) is 8.39. The number of aromatic nitrogens is 3. The summed E-state index contributed by atoms with van der Waals surface area (Å²) in [5.41, 5.74) is 4.46. The lowest BCUT2D eigenvalue weighted by atomic mass is 10.1. The molecule has 0 atom stereocenters. The Hall–Kier alpha value is -3.19. The molecule has 0 fully saturated rings. The number of halogens is 1. The van der Waals surface area contributed by atoms with Crippen LogP contribution in [0.1, 0.15) is 16.1 Å². The van der Waals surface area contributed by atoms with Gasteiger partial charge in [-0.2, -0.15) is 0 Å². The van der Waals surface area contributed by atoms with Crippen molar-refractivity contribution in [3.63, 3.8) is 0 Å². The first-order chi connectivity index (χ1) is 15.5. The first kappa shape index (κ1) is 20.7. The molecule has 1 amide bonds. The van der Waals surface area contributed by atoms with Crippen LogP contribution in [0.2, 0.25) is 0 Å². The van der Waals surface area contributed by atoms with Gasteiger partial charge in [-0.15, -0.1) is 0 Å². The summed E-state index contributed by atoms with van der Waals surface area (Å²) in [5.74, 6) is 0.600. The quantitative estimate of drug-likeness (QED) is 0.455. The van der Waals surface area contributed by atoms with Crippen LogP contribution in [0.25, 0.3) is 22.6 Å². The zero-order valence-electron chi connectivity index (χ0n) is 18.2. The maximum atomic E-state index is 13.8. The Labute approximate surface area is 190 Å². The number of nitrogens with zero attached hydrogens (tertiary/aromatic N) is 4. The number of imidazole rings is 1. The van der Waals surface area contributed by atoms with Crippen LogP contribution in [0.15, 0.2) is 54.7 Å². The predicted octanol–water partition coefficient (Wildman–Crippen LogP) is 4.69. The number of fused-ring (bicyclic) bond motifs is 1.